The third-order valence-corrected chi connectivity index (χ3v) is 1.85. The monoisotopic (exact) mass is 194 g/mol. The molecule has 0 aliphatic carbocycles. The van der Waals surface area contributed by atoms with E-state index in [1.807, 2.05) is 13.8 Å². The summed E-state index contributed by atoms with van der Waals surface area (Å²) in [6.07, 6.45) is 4.45. The first-order chi connectivity index (χ1) is 6.61. The van der Waals surface area contributed by atoms with Crippen LogP contribution in [-0.2, 0) is 4.79 Å². The number of nitrogens with zero attached hydrogens (tertiary/aromatic N) is 2. The molecule has 3 N–H and O–H groups in total. The van der Waals surface area contributed by atoms with Gasteiger partial charge < -0.3 is 11.1 Å². The van der Waals surface area contributed by atoms with Gasteiger partial charge in [0, 0.05) is 0 Å². The van der Waals surface area contributed by atoms with Gasteiger partial charge in [0.25, 0.3) is 0 Å². The van der Waals surface area contributed by atoms with Crippen LogP contribution in [0.25, 0.3) is 0 Å². The minimum Gasteiger partial charge on any atom is -0.322 e. The Morgan fingerprint density at radius 2 is 2.00 bits per heavy atom. The molecule has 14 heavy (non-hydrogen) atoms. The molecular weight excluding hydrogens is 180 g/mol. The SMILES string of the molecule is CC(C)C(N)C(=O)Nc1cncnc1. The highest BCUT2D eigenvalue weighted by atomic mass is 16.2. The van der Waals surface area contributed by atoms with Crippen molar-refractivity contribution in [2.24, 2.45) is 11.7 Å². The van der Waals surface area contributed by atoms with Gasteiger partial charge in [-0.05, 0) is 5.92 Å². The Hall–Kier alpha value is -1.49. The fourth-order valence-electron chi connectivity index (χ4n) is 0.892. The van der Waals surface area contributed by atoms with Gasteiger partial charge in [-0.1, -0.05) is 13.8 Å². The second-order valence-electron chi connectivity index (χ2n) is 3.39. The van der Waals surface area contributed by atoms with Crippen molar-refractivity contribution in [1.29, 1.82) is 0 Å². The van der Waals surface area contributed by atoms with Gasteiger partial charge in [-0.2, -0.15) is 0 Å². The molecular formula is C9H14N4O. The lowest BCUT2D eigenvalue weighted by Gasteiger charge is -2.14. The van der Waals surface area contributed by atoms with E-state index in [1.165, 1.54) is 18.7 Å². The largest absolute Gasteiger partial charge is 0.322 e. The Morgan fingerprint density at radius 3 is 2.50 bits per heavy atom. The molecule has 1 unspecified atom stereocenters. The Morgan fingerprint density at radius 1 is 1.43 bits per heavy atom. The fraction of sp³-hybridized carbons (Fsp3) is 0.444. The van der Waals surface area contributed by atoms with Crippen LogP contribution in [0.5, 0.6) is 0 Å². The van der Waals surface area contributed by atoms with E-state index >= 15 is 0 Å². The zero-order valence-corrected chi connectivity index (χ0v) is 8.27. The zero-order chi connectivity index (χ0) is 10.6. The minimum absolute atomic E-state index is 0.111. The topological polar surface area (TPSA) is 80.9 Å². The predicted molar refractivity (Wildman–Crippen MR) is 53.5 cm³/mol. The maximum atomic E-state index is 11.5. The number of hydrogen-bond acceptors (Lipinski definition) is 4. The number of carbonyl (C=O) groups is 1. The maximum absolute atomic E-state index is 11.5. The van der Waals surface area contributed by atoms with Crippen LogP contribution in [0.15, 0.2) is 18.7 Å². The first-order valence-electron chi connectivity index (χ1n) is 4.42. The molecule has 76 valence electrons. The van der Waals surface area contributed by atoms with Crippen molar-refractivity contribution in [2.45, 2.75) is 19.9 Å². The molecule has 0 saturated heterocycles. The molecule has 1 heterocycles. The molecule has 0 aliphatic heterocycles. The molecule has 1 atom stereocenters. The minimum atomic E-state index is -0.504. The average molecular weight is 194 g/mol. The molecule has 5 nitrogen and oxygen atoms in total. The van der Waals surface area contributed by atoms with Crippen molar-refractivity contribution < 1.29 is 4.79 Å². The molecule has 0 radical (unpaired) electrons. The molecule has 1 amide bonds. The highest BCUT2D eigenvalue weighted by Crippen LogP contribution is 2.04. The second kappa shape index (κ2) is 4.66. The lowest BCUT2D eigenvalue weighted by atomic mass is 10.1. The number of anilines is 1. The predicted octanol–water partition coefficient (Wildman–Crippen LogP) is 0.398. The third kappa shape index (κ3) is 2.77. The second-order valence-corrected chi connectivity index (χ2v) is 3.39. The van der Waals surface area contributed by atoms with Crippen molar-refractivity contribution in [3.05, 3.63) is 18.7 Å². The Kier molecular flexibility index (Phi) is 3.53. The van der Waals surface area contributed by atoms with Gasteiger partial charge in [-0.15, -0.1) is 0 Å². The fourth-order valence-corrected chi connectivity index (χ4v) is 0.892. The number of nitrogens with one attached hydrogen (secondary N) is 1. The van der Waals surface area contributed by atoms with E-state index in [1.54, 1.807) is 0 Å². The van der Waals surface area contributed by atoms with Gasteiger partial charge >= 0.3 is 0 Å². The number of nitrogens with two attached hydrogens (primary N) is 1. The van der Waals surface area contributed by atoms with E-state index in [0.717, 1.165) is 0 Å². The van der Waals surface area contributed by atoms with Crippen LogP contribution >= 0.6 is 0 Å². The van der Waals surface area contributed by atoms with Crippen molar-refractivity contribution in [3.8, 4) is 0 Å². The van der Waals surface area contributed by atoms with Crippen LogP contribution < -0.4 is 11.1 Å². The van der Waals surface area contributed by atoms with Gasteiger partial charge in [0.05, 0.1) is 24.1 Å². The lowest BCUT2D eigenvalue weighted by Crippen LogP contribution is -2.39. The van der Waals surface area contributed by atoms with Gasteiger partial charge in [0.1, 0.15) is 6.33 Å². The highest BCUT2D eigenvalue weighted by Gasteiger charge is 2.16. The Balaban J connectivity index is 2.58. The Bertz CT molecular complexity index is 299. The average Bonchev–Trinajstić information content (AvgIpc) is 2.18. The van der Waals surface area contributed by atoms with E-state index < -0.39 is 6.04 Å². The van der Waals surface area contributed by atoms with E-state index in [2.05, 4.69) is 15.3 Å². The molecule has 1 rings (SSSR count). The van der Waals surface area contributed by atoms with Crippen molar-refractivity contribution in [3.63, 3.8) is 0 Å². The summed E-state index contributed by atoms with van der Waals surface area (Å²) in [6.45, 7) is 3.79. The van der Waals surface area contributed by atoms with Crippen LogP contribution in [0.4, 0.5) is 5.69 Å². The van der Waals surface area contributed by atoms with Crippen molar-refractivity contribution in [1.82, 2.24) is 9.97 Å². The van der Waals surface area contributed by atoms with E-state index in [0.29, 0.717) is 5.69 Å². The van der Waals surface area contributed by atoms with Crippen molar-refractivity contribution in [2.75, 3.05) is 5.32 Å². The zero-order valence-electron chi connectivity index (χ0n) is 8.27. The van der Waals surface area contributed by atoms with Crippen LogP contribution in [0.2, 0.25) is 0 Å². The summed E-state index contributed by atoms with van der Waals surface area (Å²) in [5.41, 5.74) is 6.22. The van der Waals surface area contributed by atoms with Crippen LogP contribution in [-0.4, -0.2) is 21.9 Å². The van der Waals surface area contributed by atoms with E-state index in [4.69, 9.17) is 5.73 Å². The van der Waals surface area contributed by atoms with Gasteiger partial charge in [0.2, 0.25) is 5.91 Å². The number of carbonyl (C=O) groups excluding carboxylic acids is 1. The summed E-state index contributed by atoms with van der Waals surface area (Å²) in [7, 11) is 0. The normalized spacial score (nSPS) is 12.6. The first-order valence-corrected chi connectivity index (χ1v) is 4.42. The molecule has 0 fully saturated rings. The molecule has 0 spiro atoms. The molecule has 5 heteroatoms. The lowest BCUT2D eigenvalue weighted by molar-refractivity contribution is -0.118. The third-order valence-electron chi connectivity index (χ3n) is 1.85. The molecule has 0 saturated carbocycles. The van der Waals surface area contributed by atoms with Gasteiger partial charge in [-0.25, -0.2) is 9.97 Å². The molecule has 0 aromatic carbocycles. The smallest absolute Gasteiger partial charge is 0.241 e. The number of rotatable bonds is 3. The number of hydrogen-bond donors (Lipinski definition) is 2. The molecule has 1 aromatic heterocycles. The first kappa shape index (κ1) is 10.6. The van der Waals surface area contributed by atoms with Crippen LogP contribution in [0, 0.1) is 5.92 Å². The Labute approximate surface area is 82.7 Å². The molecule has 0 aliphatic rings. The highest BCUT2D eigenvalue weighted by molar-refractivity contribution is 5.94. The van der Waals surface area contributed by atoms with Crippen molar-refractivity contribution >= 4 is 11.6 Å². The van der Waals surface area contributed by atoms with Crippen LogP contribution in [0.3, 0.4) is 0 Å². The number of amides is 1. The van der Waals surface area contributed by atoms with Gasteiger partial charge in [0.15, 0.2) is 0 Å². The van der Waals surface area contributed by atoms with E-state index in [-0.39, 0.29) is 11.8 Å². The summed E-state index contributed by atoms with van der Waals surface area (Å²) < 4.78 is 0. The summed E-state index contributed by atoms with van der Waals surface area (Å²) >= 11 is 0. The summed E-state index contributed by atoms with van der Waals surface area (Å²) in [4.78, 5) is 19.0. The maximum Gasteiger partial charge on any atom is 0.241 e. The molecule has 1 aromatic rings. The van der Waals surface area contributed by atoms with Crippen LogP contribution in [0.1, 0.15) is 13.8 Å². The molecule has 0 bridgehead atoms. The number of aromatic nitrogens is 2. The quantitative estimate of drug-likeness (QED) is 0.729. The van der Waals surface area contributed by atoms with Gasteiger partial charge in [-0.3, -0.25) is 4.79 Å². The standard InChI is InChI=1S/C9H14N4O/c1-6(2)8(10)9(14)13-7-3-11-5-12-4-7/h3-6,8H,10H2,1-2H3,(H,13,14). The summed E-state index contributed by atoms with van der Waals surface area (Å²) in [5, 5.41) is 2.63. The van der Waals surface area contributed by atoms with E-state index in [9.17, 15) is 4.79 Å². The summed E-state index contributed by atoms with van der Waals surface area (Å²) in [6, 6.07) is -0.504. The summed E-state index contributed by atoms with van der Waals surface area (Å²) in [5.74, 6) is -0.102.